The SMILES string of the molecule is CC1CSCCN1C(=O)N(CC(=O)O)c1ccc(O)cc1. The van der Waals surface area contributed by atoms with Crippen molar-refractivity contribution in [2.24, 2.45) is 0 Å². The Morgan fingerprint density at radius 3 is 2.62 bits per heavy atom. The van der Waals surface area contributed by atoms with E-state index >= 15 is 0 Å². The minimum atomic E-state index is -1.07. The van der Waals surface area contributed by atoms with Gasteiger partial charge >= 0.3 is 12.0 Å². The Hall–Kier alpha value is -1.89. The molecule has 0 aromatic heterocycles. The summed E-state index contributed by atoms with van der Waals surface area (Å²) in [5.74, 6) is 0.703. The molecule has 0 spiro atoms. The van der Waals surface area contributed by atoms with Gasteiger partial charge in [-0.3, -0.25) is 9.69 Å². The van der Waals surface area contributed by atoms with Gasteiger partial charge < -0.3 is 15.1 Å². The summed E-state index contributed by atoms with van der Waals surface area (Å²) in [5, 5.41) is 18.4. The van der Waals surface area contributed by atoms with Gasteiger partial charge in [0.1, 0.15) is 12.3 Å². The Kier molecular flexibility index (Phi) is 4.95. The summed E-state index contributed by atoms with van der Waals surface area (Å²) in [5.41, 5.74) is 0.464. The fourth-order valence-corrected chi connectivity index (χ4v) is 3.22. The number of thioether (sulfide) groups is 1. The molecule has 0 saturated carbocycles. The van der Waals surface area contributed by atoms with Gasteiger partial charge in [-0.25, -0.2) is 4.79 Å². The number of carbonyl (C=O) groups excluding carboxylic acids is 1. The molecule has 114 valence electrons. The maximum Gasteiger partial charge on any atom is 0.325 e. The van der Waals surface area contributed by atoms with Crippen molar-refractivity contribution in [2.75, 3.05) is 29.5 Å². The lowest BCUT2D eigenvalue weighted by molar-refractivity contribution is -0.135. The second-order valence-electron chi connectivity index (χ2n) is 4.90. The first kappa shape index (κ1) is 15.5. The Labute approximate surface area is 127 Å². The van der Waals surface area contributed by atoms with Gasteiger partial charge in [0.2, 0.25) is 0 Å². The average molecular weight is 310 g/mol. The predicted molar refractivity (Wildman–Crippen MR) is 82.0 cm³/mol. The van der Waals surface area contributed by atoms with Crippen molar-refractivity contribution in [1.82, 2.24) is 4.90 Å². The van der Waals surface area contributed by atoms with E-state index < -0.39 is 12.5 Å². The molecule has 0 aliphatic carbocycles. The second kappa shape index (κ2) is 6.71. The van der Waals surface area contributed by atoms with Gasteiger partial charge in [0.15, 0.2) is 0 Å². The molecule has 1 fully saturated rings. The number of phenolic OH excluding ortho intramolecular Hbond substituents is 1. The van der Waals surface area contributed by atoms with Crippen LogP contribution < -0.4 is 4.90 Å². The second-order valence-corrected chi connectivity index (χ2v) is 6.05. The number of rotatable bonds is 3. The lowest BCUT2D eigenvalue weighted by Gasteiger charge is -2.36. The molecule has 2 rings (SSSR count). The van der Waals surface area contributed by atoms with E-state index in [1.54, 1.807) is 28.8 Å². The number of amides is 2. The van der Waals surface area contributed by atoms with E-state index in [0.29, 0.717) is 12.2 Å². The van der Waals surface area contributed by atoms with E-state index in [9.17, 15) is 14.7 Å². The number of hydrogen-bond donors (Lipinski definition) is 2. The van der Waals surface area contributed by atoms with Crippen molar-refractivity contribution < 1.29 is 19.8 Å². The maximum absolute atomic E-state index is 12.6. The van der Waals surface area contributed by atoms with Gasteiger partial charge in [0, 0.05) is 29.8 Å². The summed E-state index contributed by atoms with van der Waals surface area (Å²) in [6, 6.07) is 5.72. The van der Waals surface area contributed by atoms with Crippen LogP contribution in [0.25, 0.3) is 0 Å². The van der Waals surface area contributed by atoms with E-state index in [1.165, 1.54) is 17.0 Å². The molecule has 1 aromatic carbocycles. The quantitative estimate of drug-likeness (QED) is 0.890. The average Bonchev–Trinajstić information content (AvgIpc) is 2.45. The molecule has 21 heavy (non-hydrogen) atoms. The normalized spacial score (nSPS) is 18.3. The van der Waals surface area contributed by atoms with Crippen LogP contribution in [-0.2, 0) is 4.79 Å². The lowest BCUT2D eigenvalue weighted by atomic mass is 10.2. The van der Waals surface area contributed by atoms with Gasteiger partial charge in [-0.1, -0.05) is 0 Å². The van der Waals surface area contributed by atoms with E-state index in [1.807, 2.05) is 6.92 Å². The third-order valence-corrected chi connectivity index (χ3v) is 4.49. The summed E-state index contributed by atoms with van der Waals surface area (Å²) in [7, 11) is 0. The number of carbonyl (C=O) groups is 2. The Morgan fingerprint density at radius 2 is 2.05 bits per heavy atom. The molecule has 0 bridgehead atoms. The van der Waals surface area contributed by atoms with Crippen molar-refractivity contribution >= 4 is 29.4 Å². The predicted octanol–water partition coefficient (Wildman–Crippen LogP) is 1.84. The number of urea groups is 1. The molecule has 2 N–H and O–H groups in total. The van der Waals surface area contributed by atoms with Crippen LogP contribution in [0.3, 0.4) is 0 Å². The number of aromatic hydroxyl groups is 1. The smallest absolute Gasteiger partial charge is 0.325 e. The van der Waals surface area contributed by atoms with Crippen LogP contribution in [0.2, 0.25) is 0 Å². The van der Waals surface area contributed by atoms with Gasteiger partial charge in [-0.15, -0.1) is 0 Å². The van der Waals surface area contributed by atoms with Crippen LogP contribution in [0.4, 0.5) is 10.5 Å². The number of carboxylic acids is 1. The van der Waals surface area contributed by atoms with E-state index in [-0.39, 0.29) is 17.8 Å². The van der Waals surface area contributed by atoms with Gasteiger partial charge in [-0.2, -0.15) is 11.8 Å². The Bertz CT molecular complexity index is 520. The third kappa shape index (κ3) is 3.81. The van der Waals surface area contributed by atoms with Gasteiger partial charge in [-0.05, 0) is 31.2 Å². The summed E-state index contributed by atoms with van der Waals surface area (Å²) < 4.78 is 0. The lowest BCUT2D eigenvalue weighted by Crippen LogP contribution is -2.52. The fourth-order valence-electron chi connectivity index (χ4n) is 2.20. The van der Waals surface area contributed by atoms with Crippen LogP contribution in [0.15, 0.2) is 24.3 Å². The number of benzene rings is 1. The van der Waals surface area contributed by atoms with Crippen LogP contribution in [-0.4, -0.2) is 57.8 Å². The monoisotopic (exact) mass is 310 g/mol. The molecule has 2 amide bonds. The Morgan fingerprint density at radius 1 is 1.38 bits per heavy atom. The molecule has 1 unspecified atom stereocenters. The molecule has 1 aliphatic rings. The maximum atomic E-state index is 12.6. The minimum absolute atomic E-state index is 0.0733. The zero-order valence-electron chi connectivity index (χ0n) is 11.7. The zero-order valence-corrected chi connectivity index (χ0v) is 12.5. The molecule has 0 radical (unpaired) electrons. The summed E-state index contributed by atoms with van der Waals surface area (Å²) in [6.45, 7) is 2.17. The first-order valence-electron chi connectivity index (χ1n) is 6.65. The summed E-state index contributed by atoms with van der Waals surface area (Å²) in [6.07, 6.45) is 0. The first-order chi connectivity index (χ1) is 9.99. The van der Waals surface area contributed by atoms with Crippen molar-refractivity contribution in [3.63, 3.8) is 0 Å². The van der Waals surface area contributed by atoms with Crippen molar-refractivity contribution in [1.29, 1.82) is 0 Å². The summed E-state index contributed by atoms with van der Waals surface area (Å²) >= 11 is 1.79. The fraction of sp³-hybridized carbons (Fsp3) is 0.429. The molecule has 6 nitrogen and oxygen atoms in total. The molecule has 1 saturated heterocycles. The topological polar surface area (TPSA) is 81.1 Å². The molecular formula is C14H18N2O4S. The molecule has 1 atom stereocenters. The minimum Gasteiger partial charge on any atom is -0.508 e. The number of anilines is 1. The van der Waals surface area contributed by atoms with Crippen LogP contribution in [0.5, 0.6) is 5.75 Å². The highest BCUT2D eigenvalue weighted by atomic mass is 32.2. The van der Waals surface area contributed by atoms with Gasteiger partial charge in [0.25, 0.3) is 0 Å². The van der Waals surface area contributed by atoms with E-state index in [0.717, 1.165) is 11.5 Å². The van der Waals surface area contributed by atoms with E-state index in [2.05, 4.69) is 0 Å². The van der Waals surface area contributed by atoms with Crippen LogP contribution >= 0.6 is 11.8 Å². The number of carboxylic acid groups (broad SMARTS) is 1. The first-order valence-corrected chi connectivity index (χ1v) is 7.81. The highest BCUT2D eigenvalue weighted by Gasteiger charge is 2.29. The number of hydrogen-bond acceptors (Lipinski definition) is 4. The van der Waals surface area contributed by atoms with Crippen LogP contribution in [0.1, 0.15) is 6.92 Å². The Balaban J connectivity index is 2.24. The van der Waals surface area contributed by atoms with Crippen molar-refractivity contribution in [2.45, 2.75) is 13.0 Å². The van der Waals surface area contributed by atoms with Crippen molar-refractivity contribution in [3.8, 4) is 5.75 Å². The highest BCUT2D eigenvalue weighted by Crippen LogP contribution is 2.23. The molecule has 1 aromatic rings. The molecule has 1 heterocycles. The molecule has 1 aliphatic heterocycles. The van der Waals surface area contributed by atoms with E-state index in [4.69, 9.17) is 5.11 Å². The van der Waals surface area contributed by atoms with Crippen LogP contribution in [0, 0.1) is 0 Å². The molecular weight excluding hydrogens is 292 g/mol. The van der Waals surface area contributed by atoms with Gasteiger partial charge in [0.05, 0.1) is 0 Å². The number of nitrogens with zero attached hydrogens (tertiary/aromatic N) is 2. The summed E-state index contributed by atoms with van der Waals surface area (Å²) in [4.78, 5) is 26.6. The number of aliphatic carboxylic acids is 1. The largest absolute Gasteiger partial charge is 0.508 e. The standard InChI is InChI=1S/C14H18N2O4S/c1-10-9-21-7-6-15(10)14(20)16(8-13(18)19)11-2-4-12(17)5-3-11/h2-5,10,17H,6-9H2,1H3,(H,18,19). The number of phenols is 1. The highest BCUT2D eigenvalue weighted by molar-refractivity contribution is 7.99. The molecule has 7 heteroatoms. The third-order valence-electron chi connectivity index (χ3n) is 3.30. The zero-order chi connectivity index (χ0) is 15.4. The van der Waals surface area contributed by atoms with Crippen molar-refractivity contribution in [3.05, 3.63) is 24.3 Å².